The molecule has 1 atom stereocenters. The standard InChI is InChI=1S/C12H17BrN2O/c1-8(2)6-9(3)15-12(16)10-4-5-11(13)14-7-10/h4-5,7-9H,6H2,1-3H3,(H,15,16). The van der Waals surface area contributed by atoms with Crippen LogP contribution in [0.3, 0.4) is 0 Å². The molecule has 1 unspecified atom stereocenters. The highest BCUT2D eigenvalue weighted by Crippen LogP contribution is 2.08. The number of aromatic nitrogens is 1. The first kappa shape index (κ1) is 13.2. The topological polar surface area (TPSA) is 42.0 Å². The third-order valence-corrected chi connectivity index (χ3v) is 2.66. The molecule has 0 radical (unpaired) electrons. The Morgan fingerprint density at radius 2 is 2.12 bits per heavy atom. The number of pyridine rings is 1. The molecule has 0 fully saturated rings. The minimum absolute atomic E-state index is 0.0619. The number of nitrogens with zero attached hydrogens (tertiary/aromatic N) is 1. The van der Waals surface area contributed by atoms with E-state index < -0.39 is 0 Å². The van der Waals surface area contributed by atoms with Gasteiger partial charge >= 0.3 is 0 Å². The molecule has 0 aromatic carbocycles. The number of nitrogens with one attached hydrogen (secondary N) is 1. The summed E-state index contributed by atoms with van der Waals surface area (Å²) >= 11 is 3.24. The quantitative estimate of drug-likeness (QED) is 0.864. The molecule has 4 heteroatoms. The third kappa shape index (κ3) is 4.31. The van der Waals surface area contributed by atoms with Crippen molar-refractivity contribution in [2.24, 2.45) is 5.92 Å². The highest BCUT2D eigenvalue weighted by Gasteiger charge is 2.10. The monoisotopic (exact) mass is 284 g/mol. The number of halogens is 1. The number of carbonyl (C=O) groups excluding carboxylic acids is 1. The Bertz CT molecular complexity index is 349. The normalized spacial score (nSPS) is 12.6. The van der Waals surface area contributed by atoms with Crippen molar-refractivity contribution in [3.05, 3.63) is 28.5 Å². The zero-order valence-corrected chi connectivity index (χ0v) is 11.4. The molecule has 16 heavy (non-hydrogen) atoms. The van der Waals surface area contributed by atoms with Crippen LogP contribution in [0, 0.1) is 5.92 Å². The largest absolute Gasteiger partial charge is 0.350 e. The van der Waals surface area contributed by atoms with Crippen molar-refractivity contribution in [1.29, 1.82) is 0 Å². The summed E-state index contributed by atoms with van der Waals surface area (Å²) in [5.74, 6) is 0.520. The van der Waals surface area contributed by atoms with Gasteiger partial charge in [0.2, 0.25) is 0 Å². The molecule has 0 aliphatic rings. The van der Waals surface area contributed by atoms with Gasteiger partial charge in [0, 0.05) is 12.2 Å². The van der Waals surface area contributed by atoms with Crippen LogP contribution < -0.4 is 5.32 Å². The van der Waals surface area contributed by atoms with Gasteiger partial charge in [-0.25, -0.2) is 4.98 Å². The Morgan fingerprint density at radius 3 is 2.62 bits per heavy atom. The van der Waals surface area contributed by atoms with Crippen LogP contribution in [0.2, 0.25) is 0 Å². The highest BCUT2D eigenvalue weighted by molar-refractivity contribution is 9.10. The SMILES string of the molecule is CC(C)CC(C)NC(=O)c1ccc(Br)nc1. The molecule has 0 saturated carbocycles. The van der Waals surface area contributed by atoms with Crippen molar-refractivity contribution < 1.29 is 4.79 Å². The first-order valence-electron chi connectivity index (χ1n) is 5.41. The van der Waals surface area contributed by atoms with Gasteiger partial charge in [0.05, 0.1) is 5.56 Å². The Morgan fingerprint density at radius 1 is 1.44 bits per heavy atom. The minimum Gasteiger partial charge on any atom is -0.350 e. The molecule has 0 saturated heterocycles. The number of rotatable bonds is 4. The molecule has 1 N–H and O–H groups in total. The summed E-state index contributed by atoms with van der Waals surface area (Å²) in [5.41, 5.74) is 0.596. The molecule has 3 nitrogen and oxygen atoms in total. The van der Waals surface area contributed by atoms with Gasteiger partial charge in [-0.15, -0.1) is 0 Å². The van der Waals surface area contributed by atoms with E-state index in [1.165, 1.54) is 0 Å². The molecule has 1 amide bonds. The van der Waals surface area contributed by atoms with Crippen molar-refractivity contribution in [1.82, 2.24) is 10.3 Å². The maximum absolute atomic E-state index is 11.8. The fourth-order valence-corrected chi connectivity index (χ4v) is 1.82. The zero-order chi connectivity index (χ0) is 12.1. The zero-order valence-electron chi connectivity index (χ0n) is 9.83. The van der Waals surface area contributed by atoms with Gasteiger partial charge in [-0.3, -0.25) is 4.79 Å². The molecule has 1 aromatic rings. The van der Waals surface area contributed by atoms with Gasteiger partial charge in [-0.05, 0) is 47.3 Å². The second kappa shape index (κ2) is 5.99. The lowest BCUT2D eigenvalue weighted by Gasteiger charge is -2.15. The molecule has 0 aliphatic carbocycles. The fraction of sp³-hybridized carbons (Fsp3) is 0.500. The lowest BCUT2D eigenvalue weighted by molar-refractivity contribution is 0.0935. The van der Waals surface area contributed by atoms with Gasteiger partial charge in [0.1, 0.15) is 4.60 Å². The molecule has 0 spiro atoms. The summed E-state index contributed by atoms with van der Waals surface area (Å²) in [6.45, 7) is 6.30. The van der Waals surface area contributed by atoms with E-state index in [0.717, 1.165) is 11.0 Å². The van der Waals surface area contributed by atoms with Gasteiger partial charge in [0.25, 0.3) is 5.91 Å². The van der Waals surface area contributed by atoms with E-state index in [1.807, 2.05) is 6.92 Å². The van der Waals surface area contributed by atoms with Crippen LogP contribution in [0.15, 0.2) is 22.9 Å². The van der Waals surface area contributed by atoms with Crippen molar-refractivity contribution in [3.8, 4) is 0 Å². The third-order valence-electron chi connectivity index (χ3n) is 2.19. The molecule has 1 aromatic heterocycles. The van der Waals surface area contributed by atoms with Crippen LogP contribution in [0.4, 0.5) is 0 Å². The van der Waals surface area contributed by atoms with Crippen LogP contribution in [-0.2, 0) is 0 Å². The van der Waals surface area contributed by atoms with Crippen LogP contribution in [0.1, 0.15) is 37.6 Å². The smallest absolute Gasteiger partial charge is 0.253 e. The van der Waals surface area contributed by atoms with E-state index >= 15 is 0 Å². The van der Waals surface area contributed by atoms with E-state index in [1.54, 1.807) is 18.3 Å². The predicted octanol–water partition coefficient (Wildman–Crippen LogP) is 3.01. The van der Waals surface area contributed by atoms with Crippen molar-refractivity contribution >= 4 is 21.8 Å². The van der Waals surface area contributed by atoms with Crippen LogP contribution in [0.5, 0.6) is 0 Å². The summed E-state index contributed by atoms with van der Waals surface area (Å²) in [6, 6.07) is 3.72. The van der Waals surface area contributed by atoms with Gasteiger partial charge < -0.3 is 5.32 Å². The molecule has 88 valence electrons. The molecule has 0 aliphatic heterocycles. The number of hydrogen-bond acceptors (Lipinski definition) is 2. The Kier molecular flexibility index (Phi) is 4.93. The lowest BCUT2D eigenvalue weighted by Crippen LogP contribution is -2.33. The molecule has 0 bridgehead atoms. The van der Waals surface area contributed by atoms with Gasteiger partial charge in [-0.2, -0.15) is 0 Å². The van der Waals surface area contributed by atoms with Crippen LogP contribution in [-0.4, -0.2) is 16.9 Å². The predicted molar refractivity (Wildman–Crippen MR) is 68.3 cm³/mol. The van der Waals surface area contributed by atoms with Crippen LogP contribution >= 0.6 is 15.9 Å². The molecular weight excluding hydrogens is 268 g/mol. The Hall–Kier alpha value is -0.900. The first-order chi connectivity index (χ1) is 7.49. The lowest BCUT2D eigenvalue weighted by atomic mass is 10.1. The maximum atomic E-state index is 11.8. The number of hydrogen-bond donors (Lipinski definition) is 1. The minimum atomic E-state index is -0.0619. The first-order valence-corrected chi connectivity index (χ1v) is 6.20. The average Bonchev–Trinajstić information content (AvgIpc) is 2.16. The van der Waals surface area contributed by atoms with Crippen molar-refractivity contribution in [2.75, 3.05) is 0 Å². The summed E-state index contributed by atoms with van der Waals surface area (Å²) in [6.07, 6.45) is 2.55. The van der Waals surface area contributed by atoms with E-state index in [9.17, 15) is 4.79 Å². The highest BCUT2D eigenvalue weighted by atomic mass is 79.9. The van der Waals surface area contributed by atoms with Crippen molar-refractivity contribution in [3.63, 3.8) is 0 Å². The summed E-state index contributed by atoms with van der Waals surface area (Å²) in [5, 5.41) is 2.95. The van der Waals surface area contributed by atoms with E-state index in [2.05, 4.69) is 40.1 Å². The molecular formula is C12H17BrN2O. The van der Waals surface area contributed by atoms with Crippen molar-refractivity contribution in [2.45, 2.75) is 33.2 Å². The van der Waals surface area contributed by atoms with Crippen LogP contribution in [0.25, 0.3) is 0 Å². The summed E-state index contributed by atoms with van der Waals surface area (Å²) in [4.78, 5) is 15.8. The van der Waals surface area contributed by atoms with E-state index in [0.29, 0.717) is 11.5 Å². The van der Waals surface area contributed by atoms with Gasteiger partial charge in [-0.1, -0.05) is 13.8 Å². The number of amides is 1. The summed E-state index contributed by atoms with van der Waals surface area (Å²) < 4.78 is 0.735. The average molecular weight is 285 g/mol. The maximum Gasteiger partial charge on any atom is 0.253 e. The van der Waals surface area contributed by atoms with E-state index in [4.69, 9.17) is 0 Å². The second-order valence-electron chi connectivity index (χ2n) is 4.37. The summed E-state index contributed by atoms with van der Waals surface area (Å²) in [7, 11) is 0. The van der Waals surface area contributed by atoms with E-state index in [-0.39, 0.29) is 11.9 Å². The fourth-order valence-electron chi connectivity index (χ4n) is 1.58. The number of carbonyl (C=O) groups is 1. The second-order valence-corrected chi connectivity index (χ2v) is 5.19. The Balaban J connectivity index is 2.55. The molecule has 1 heterocycles. The Labute approximate surface area is 105 Å². The molecule has 1 rings (SSSR count). The van der Waals surface area contributed by atoms with Gasteiger partial charge in [0.15, 0.2) is 0 Å².